The van der Waals surface area contributed by atoms with Crippen molar-refractivity contribution in [3.63, 3.8) is 0 Å². The van der Waals surface area contributed by atoms with Crippen molar-refractivity contribution in [1.29, 1.82) is 0 Å². The Balaban J connectivity index is 1.51. The predicted molar refractivity (Wildman–Crippen MR) is 119 cm³/mol. The molecule has 11 nitrogen and oxygen atoms in total. The van der Waals surface area contributed by atoms with Gasteiger partial charge in [0, 0.05) is 30.5 Å². The van der Waals surface area contributed by atoms with Gasteiger partial charge in [-0.2, -0.15) is 4.98 Å². The molecule has 6 N–H and O–H groups in total. The molecule has 2 heterocycles. The Labute approximate surface area is 181 Å². The van der Waals surface area contributed by atoms with E-state index in [9.17, 15) is 14.4 Å². The van der Waals surface area contributed by atoms with Crippen LogP contribution in [0.2, 0.25) is 0 Å². The lowest BCUT2D eigenvalue weighted by Gasteiger charge is -2.08. The molecule has 0 spiro atoms. The number of nitrogen functional groups attached to an aromatic ring is 1. The molecular formula is C19H22N8O3S. The van der Waals surface area contributed by atoms with Crippen LogP contribution in [-0.2, 0) is 11.3 Å². The van der Waals surface area contributed by atoms with E-state index >= 15 is 0 Å². The van der Waals surface area contributed by atoms with E-state index in [-0.39, 0.29) is 28.9 Å². The van der Waals surface area contributed by atoms with Gasteiger partial charge in [0.05, 0.1) is 18.4 Å². The minimum absolute atomic E-state index is 0.0112. The lowest BCUT2D eigenvalue weighted by Crippen LogP contribution is -2.25. The Morgan fingerprint density at radius 3 is 2.71 bits per heavy atom. The highest BCUT2D eigenvalue weighted by atomic mass is 32.2. The van der Waals surface area contributed by atoms with Gasteiger partial charge >= 0.3 is 0 Å². The molecule has 31 heavy (non-hydrogen) atoms. The Kier molecular flexibility index (Phi) is 7.38. The molecule has 0 radical (unpaired) electrons. The largest absolute Gasteiger partial charge is 0.379 e. The fourth-order valence-electron chi connectivity index (χ4n) is 2.71. The predicted octanol–water partition coefficient (Wildman–Crippen LogP) is 0.812. The average molecular weight is 443 g/mol. The third-order valence-electron chi connectivity index (χ3n) is 4.19. The van der Waals surface area contributed by atoms with Crippen LogP contribution in [0.5, 0.6) is 0 Å². The van der Waals surface area contributed by atoms with E-state index in [1.54, 1.807) is 30.5 Å². The number of H-pyrrole nitrogens is 1. The summed E-state index contributed by atoms with van der Waals surface area (Å²) in [5.74, 6) is -0.274. The van der Waals surface area contributed by atoms with Gasteiger partial charge in [-0.3, -0.25) is 19.4 Å². The molecule has 162 valence electrons. The van der Waals surface area contributed by atoms with Crippen molar-refractivity contribution in [2.45, 2.75) is 19.4 Å². The molecule has 0 bridgehead atoms. The SMILES string of the molecule is CSNC(=O)CCCNC(=O)c1ccc(NCc2cnc3nc(N)[nH]c(=O)c3n2)cc1. The van der Waals surface area contributed by atoms with Gasteiger partial charge in [0.25, 0.3) is 11.5 Å². The number of aromatic amines is 1. The summed E-state index contributed by atoms with van der Waals surface area (Å²) in [6, 6.07) is 6.93. The van der Waals surface area contributed by atoms with Crippen LogP contribution in [0, 0.1) is 0 Å². The zero-order chi connectivity index (χ0) is 22.2. The summed E-state index contributed by atoms with van der Waals surface area (Å²) in [6.45, 7) is 0.747. The first-order valence-electron chi connectivity index (χ1n) is 9.41. The zero-order valence-electron chi connectivity index (χ0n) is 16.8. The van der Waals surface area contributed by atoms with Crippen molar-refractivity contribution in [3.8, 4) is 0 Å². The summed E-state index contributed by atoms with van der Waals surface area (Å²) >= 11 is 1.25. The van der Waals surface area contributed by atoms with E-state index < -0.39 is 5.56 Å². The first-order chi connectivity index (χ1) is 15.0. The van der Waals surface area contributed by atoms with Crippen molar-refractivity contribution in [2.75, 3.05) is 23.9 Å². The number of nitrogens with two attached hydrogens (primary N) is 1. The Morgan fingerprint density at radius 2 is 1.97 bits per heavy atom. The molecule has 0 saturated heterocycles. The van der Waals surface area contributed by atoms with E-state index in [4.69, 9.17) is 5.73 Å². The number of amides is 2. The van der Waals surface area contributed by atoms with Crippen LogP contribution in [0.1, 0.15) is 28.9 Å². The molecule has 0 atom stereocenters. The number of fused-ring (bicyclic) bond motifs is 1. The minimum Gasteiger partial charge on any atom is -0.379 e. The number of nitrogens with one attached hydrogen (secondary N) is 4. The number of anilines is 2. The second-order valence-electron chi connectivity index (χ2n) is 6.50. The van der Waals surface area contributed by atoms with E-state index in [0.29, 0.717) is 37.2 Å². The number of nitrogens with zero attached hydrogens (tertiary/aromatic N) is 3. The number of aromatic nitrogens is 4. The maximum Gasteiger partial charge on any atom is 0.280 e. The fraction of sp³-hybridized carbons (Fsp3) is 0.263. The fourth-order valence-corrected chi connectivity index (χ4v) is 3.04. The smallest absolute Gasteiger partial charge is 0.280 e. The summed E-state index contributed by atoms with van der Waals surface area (Å²) < 4.78 is 2.63. The van der Waals surface area contributed by atoms with Crippen LogP contribution >= 0.6 is 11.9 Å². The van der Waals surface area contributed by atoms with Crippen LogP contribution < -0.4 is 26.6 Å². The van der Waals surface area contributed by atoms with Crippen molar-refractivity contribution in [2.24, 2.45) is 0 Å². The topological polar surface area (TPSA) is 168 Å². The maximum absolute atomic E-state index is 12.2. The summed E-state index contributed by atoms with van der Waals surface area (Å²) in [5, 5.41) is 5.95. The standard InChI is InChI=1S/C19H22N8O3S/c1-31-27-14(28)3-2-8-21-17(29)11-4-6-12(7-5-11)22-9-13-10-23-16-15(24-13)18(30)26-19(20)25-16/h4-7,10,22H,2-3,8-9H2,1H3,(H,21,29)(H,27,28)(H3,20,23,25,26,30). The first kappa shape index (κ1) is 22.0. The minimum atomic E-state index is -0.447. The molecule has 3 rings (SSSR count). The Morgan fingerprint density at radius 1 is 1.19 bits per heavy atom. The first-order valence-corrected chi connectivity index (χ1v) is 10.6. The maximum atomic E-state index is 12.2. The lowest BCUT2D eigenvalue weighted by molar-refractivity contribution is -0.119. The molecule has 0 saturated carbocycles. The molecule has 0 aliphatic rings. The van der Waals surface area contributed by atoms with E-state index in [1.807, 2.05) is 0 Å². The second-order valence-corrected chi connectivity index (χ2v) is 7.12. The highest BCUT2D eigenvalue weighted by molar-refractivity contribution is 7.97. The van der Waals surface area contributed by atoms with Gasteiger partial charge in [-0.05, 0) is 30.7 Å². The monoisotopic (exact) mass is 442 g/mol. The number of carbonyl (C=O) groups excluding carboxylic acids is 2. The summed E-state index contributed by atoms with van der Waals surface area (Å²) in [5.41, 5.74) is 7.19. The molecule has 2 aromatic heterocycles. The van der Waals surface area contributed by atoms with E-state index in [1.165, 1.54) is 18.1 Å². The van der Waals surface area contributed by atoms with Crippen molar-refractivity contribution in [3.05, 3.63) is 52.1 Å². The summed E-state index contributed by atoms with van der Waals surface area (Å²) in [7, 11) is 0. The zero-order valence-corrected chi connectivity index (χ0v) is 17.6. The third kappa shape index (κ3) is 6.15. The molecule has 0 unspecified atom stereocenters. The Hall–Kier alpha value is -3.67. The van der Waals surface area contributed by atoms with Gasteiger partial charge in [0.1, 0.15) is 0 Å². The molecule has 12 heteroatoms. The molecular weight excluding hydrogens is 420 g/mol. The summed E-state index contributed by atoms with van der Waals surface area (Å²) in [6.07, 6.45) is 4.22. The lowest BCUT2D eigenvalue weighted by atomic mass is 10.2. The Bertz CT molecular complexity index is 1130. The average Bonchev–Trinajstić information content (AvgIpc) is 2.76. The second kappa shape index (κ2) is 10.4. The molecule has 2 amide bonds. The number of hydrogen-bond donors (Lipinski definition) is 5. The van der Waals surface area contributed by atoms with Crippen molar-refractivity contribution < 1.29 is 9.59 Å². The van der Waals surface area contributed by atoms with Gasteiger partial charge in [0.15, 0.2) is 11.2 Å². The van der Waals surface area contributed by atoms with Crippen LogP contribution in [0.25, 0.3) is 11.2 Å². The third-order valence-corrected chi connectivity index (χ3v) is 4.62. The van der Waals surface area contributed by atoms with Gasteiger partial charge in [-0.1, -0.05) is 11.9 Å². The number of benzene rings is 1. The van der Waals surface area contributed by atoms with Gasteiger partial charge in [0.2, 0.25) is 11.9 Å². The highest BCUT2D eigenvalue weighted by Gasteiger charge is 2.08. The number of hydrogen-bond acceptors (Lipinski definition) is 9. The van der Waals surface area contributed by atoms with Crippen molar-refractivity contribution >= 4 is 46.6 Å². The van der Waals surface area contributed by atoms with Crippen LogP contribution in [0.15, 0.2) is 35.3 Å². The van der Waals surface area contributed by atoms with Gasteiger partial charge in [-0.25, -0.2) is 9.97 Å². The van der Waals surface area contributed by atoms with Crippen molar-refractivity contribution in [1.82, 2.24) is 30.0 Å². The molecule has 0 fully saturated rings. The van der Waals surface area contributed by atoms with Crippen LogP contribution in [0.4, 0.5) is 11.6 Å². The quantitative estimate of drug-likeness (QED) is 0.238. The highest BCUT2D eigenvalue weighted by Crippen LogP contribution is 2.11. The van der Waals surface area contributed by atoms with Gasteiger partial charge in [-0.15, -0.1) is 0 Å². The summed E-state index contributed by atoms with van der Waals surface area (Å²) in [4.78, 5) is 50.2. The van der Waals surface area contributed by atoms with Gasteiger partial charge < -0.3 is 21.1 Å². The van der Waals surface area contributed by atoms with E-state index in [2.05, 4.69) is 35.3 Å². The molecule has 0 aliphatic carbocycles. The van der Waals surface area contributed by atoms with Crippen LogP contribution in [-0.4, -0.2) is 44.6 Å². The molecule has 0 aliphatic heterocycles. The normalized spacial score (nSPS) is 10.6. The molecule has 1 aromatic carbocycles. The number of rotatable bonds is 9. The van der Waals surface area contributed by atoms with E-state index in [0.717, 1.165) is 5.69 Å². The van der Waals surface area contributed by atoms with Crippen LogP contribution in [0.3, 0.4) is 0 Å². The number of carbonyl (C=O) groups is 2. The molecule has 3 aromatic rings.